The third-order valence-electron chi connectivity index (χ3n) is 5.80. The number of methoxy groups -OCH3 is 3. The minimum Gasteiger partial charge on any atom is -0.493 e. The Bertz CT molecular complexity index is 1140. The molecule has 1 heterocycles. The summed E-state index contributed by atoms with van der Waals surface area (Å²) in [5.74, 6) is 0.641. The van der Waals surface area contributed by atoms with Crippen LogP contribution in [0.3, 0.4) is 0 Å². The number of fused-ring (bicyclic) bond motifs is 1. The Balaban J connectivity index is 1.64. The lowest BCUT2D eigenvalue weighted by Gasteiger charge is -2.22. The normalized spacial score (nSPS) is 14.9. The van der Waals surface area contributed by atoms with Crippen molar-refractivity contribution in [3.8, 4) is 11.5 Å². The fourth-order valence-electron chi connectivity index (χ4n) is 4.15. The molecule has 0 aliphatic heterocycles. The summed E-state index contributed by atoms with van der Waals surface area (Å²) in [7, 11) is 4.42. The van der Waals surface area contributed by atoms with E-state index in [9.17, 15) is 9.59 Å². The van der Waals surface area contributed by atoms with Gasteiger partial charge < -0.3 is 19.5 Å². The van der Waals surface area contributed by atoms with Crippen LogP contribution in [0.2, 0.25) is 0 Å². The molecule has 1 amide bonds. The number of esters is 1. The number of ether oxygens (including phenoxy) is 3. The quantitative estimate of drug-likeness (QED) is 0.529. The summed E-state index contributed by atoms with van der Waals surface area (Å²) in [6.07, 6.45) is 2.54. The number of amides is 1. The fourth-order valence-corrected chi connectivity index (χ4v) is 5.47. The van der Waals surface area contributed by atoms with Crippen molar-refractivity contribution in [2.75, 3.05) is 26.6 Å². The van der Waals surface area contributed by atoms with Gasteiger partial charge in [0.2, 0.25) is 0 Å². The van der Waals surface area contributed by atoms with E-state index < -0.39 is 5.97 Å². The van der Waals surface area contributed by atoms with Crippen LogP contribution in [-0.2, 0) is 17.6 Å². The van der Waals surface area contributed by atoms with Crippen molar-refractivity contribution in [2.24, 2.45) is 0 Å². The minimum atomic E-state index is -0.428. The molecule has 7 heteroatoms. The van der Waals surface area contributed by atoms with Crippen LogP contribution >= 0.6 is 11.3 Å². The smallest absolute Gasteiger partial charge is 0.341 e. The monoisotopic (exact) mass is 451 g/mol. The predicted octanol–water partition coefficient (Wildman–Crippen LogP) is 5.08. The largest absolute Gasteiger partial charge is 0.493 e. The standard InChI is InChI=1S/C25H25NO5S/c1-29-19-12-10-17(13-20(19)30-2)23(27)26-24-22(25(28)31-3)18-11-9-16(14-21(18)32-24)15-7-5-4-6-8-15/h4-8,10,12-13,16H,9,11,14H2,1-3H3,(H,26,27). The Kier molecular flexibility index (Phi) is 6.46. The van der Waals surface area contributed by atoms with E-state index in [-0.39, 0.29) is 5.91 Å². The number of hydrogen-bond donors (Lipinski definition) is 1. The summed E-state index contributed by atoms with van der Waals surface area (Å²) in [6.45, 7) is 0. The lowest BCUT2D eigenvalue weighted by molar-refractivity contribution is 0.0601. The first-order valence-electron chi connectivity index (χ1n) is 10.4. The maximum Gasteiger partial charge on any atom is 0.341 e. The van der Waals surface area contributed by atoms with Gasteiger partial charge >= 0.3 is 5.97 Å². The second kappa shape index (κ2) is 9.44. The number of anilines is 1. The second-order valence-corrected chi connectivity index (χ2v) is 8.68. The van der Waals surface area contributed by atoms with Gasteiger partial charge in [0.1, 0.15) is 5.00 Å². The summed E-state index contributed by atoms with van der Waals surface area (Å²) in [5, 5.41) is 3.45. The molecule has 6 nitrogen and oxygen atoms in total. The number of thiophene rings is 1. The highest BCUT2D eigenvalue weighted by Gasteiger charge is 2.30. The first kappa shape index (κ1) is 21.9. The first-order chi connectivity index (χ1) is 15.5. The molecule has 0 spiro atoms. The molecule has 1 atom stereocenters. The number of benzene rings is 2. The van der Waals surface area contributed by atoms with E-state index in [4.69, 9.17) is 14.2 Å². The van der Waals surface area contributed by atoms with Crippen LogP contribution in [-0.4, -0.2) is 33.2 Å². The van der Waals surface area contributed by atoms with Crippen LogP contribution in [0.15, 0.2) is 48.5 Å². The molecular formula is C25H25NO5S. The van der Waals surface area contributed by atoms with Crippen molar-refractivity contribution in [3.05, 3.63) is 75.7 Å². The average molecular weight is 452 g/mol. The molecular weight excluding hydrogens is 426 g/mol. The van der Waals surface area contributed by atoms with Crippen molar-refractivity contribution < 1.29 is 23.8 Å². The molecule has 166 valence electrons. The zero-order chi connectivity index (χ0) is 22.7. The lowest BCUT2D eigenvalue weighted by Crippen LogP contribution is -2.16. The van der Waals surface area contributed by atoms with Gasteiger partial charge in [0.25, 0.3) is 5.91 Å². The number of nitrogens with one attached hydrogen (secondary N) is 1. The van der Waals surface area contributed by atoms with Crippen LogP contribution < -0.4 is 14.8 Å². The number of carbonyl (C=O) groups is 2. The van der Waals surface area contributed by atoms with Crippen LogP contribution in [0.5, 0.6) is 11.5 Å². The average Bonchev–Trinajstić information content (AvgIpc) is 3.20. The molecule has 0 bridgehead atoms. The third-order valence-corrected chi connectivity index (χ3v) is 6.97. The summed E-state index contributed by atoms with van der Waals surface area (Å²) in [4.78, 5) is 26.7. The van der Waals surface area contributed by atoms with E-state index in [0.717, 1.165) is 29.7 Å². The van der Waals surface area contributed by atoms with Gasteiger partial charge in [0.05, 0.1) is 26.9 Å². The summed E-state index contributed by atoms with van der Waals surface area (Å²) < 4.78 is 15.6. The van der Waals surface area contributed by atoms with Gasteiger partial charge in [0.15, 0.2) is 11.5 Å². The third kappa shape index (κ3) is 4.21. The summed E-state index contributed by atoms with van der Waals surface area (Å²) in [5.41, 5.74) is 3.15. The van der Waals surface area contributed by atoms with E-state index in [2.05, 4.69) is 17.4 Å². The molecule has 0 radical (unpaired) electrons. The molecule has 3 aromatic rings. The molecule has 1 N–H and O–H groups in total. The molecule has 0 saturated heterocycles. The SMILES string of the molecule is COC(=O)c1c(NC(=O)c2ccc(OC)c(OC)c2)sc2c1CCC(c1ccccc1)C2. The van der Waals surface area contributed by atoms with Gasteiger partial charge in [-0.1, -0.05) is 30.3 Å². The molecule has 0 saturated carbocycles. The van der Waals surface area contributed by atoms with Crippen molar-refractivity contribution in [2.45, 2.75) is 25.2 Å². The van der Waals surface area contributed by atoms with Crippen molar-refractivity contribution in [1.82, 2.24) is 0 Å². The van der Waals surface area contributed by atoms with E-state index >= 15 is 0 Å². The second-order valence-electron chi connectivity index (χ2n) is 7.57. The molecule has 4 rings (SSSR count). The number of carbonyl (C=O) groups excluding carboxylic acids is 2. The van der Waals surface area contributed by atoms with Gasteiger partial charge in [-0.15, -0.1) is 11.3 Å². The highest BCUT2D eigenvalue weighted by molar-refractivity contribution is 7.17. The maximum atomic E-state index is 13.0. The van der Waals surface area contributed by atoms with E-state index in [1.807, 2.05) is 18.2 Å². The van der Waals surface area contributed by atoms with Crippen LogP contribution in [0.1, 0.15) is 49.1 Å². The van der Waals surface area contributed by atoms with Crippen molar-refractivity contribution >= 4 is 28.2 Å². The molecule has 1 aliphatic carbocycles. The maximum absolute atomic E-state index is 13.0. The highest BCUT2D eigenvalue weighted by atomic mass is 32.1. The molecule has 32 heavy (non-hydrogen) atoms. The summed E-state index contributed by atoms with van der Waals surface area (Å²) in [6, 6.07) is 15.4. The van der Waals surface area contributed by atoms with Crippen molar-refractivity contribution in [3.63, 3.8) is 0 Å². The number of rotatable bonds is 6. The van der Waals surface area contributed by atoms with Crippen LogP contribution in [0.25, 0.3) is 0 Å². The van der Waals surface area contributed by atoms with Crippen LogP contribution in [0.4, 0.5) is 5.00 Å². The zero-order valence-corrected chi connectivity index (χ0v) is 19.1. The Hall–Kier alpha value is -3.32. The number of hydrogen-bond acceptors (Lipinski definition) is 6. The van der Waals surface area contributed by atoms with E-state index in [1.54, 1.807) is 25.3 Å². The van der Waals surface area contributed by atoms with Gasteiger partial charge in [0, 0.05) is 10.4 Å². The Morgan fingerprint density at radius 1 is 1.00 bits per heavy atom. The Morgan fingerprint density at radius 3 is 2.44 bits per heavy atom. The van der Waals surface area contributed by atoms with Gasteiger partial charge in [-0.2, -0.15) is 0 Å². The molecule has 1 aromatic heterocycles. The van der Waals surface area contributed by atoms with E-state index in [1.165, 1.54) is 31.1 Å². The van der Waals surface area contributed by atoms with Gasteiger partial charge in [-0.25, -0.2) is 4.79 Å². The zero-order valence-electron chi connectivity index (χ0n) is 18.3. The molecule has 2 aromatic carbocycles. The first-order valence-corrected chi connectivity index (χ1v) is 11.2. The van der Waals surface area contributed by atoms with Crippen LogP contribution in [0, 0.1) is 0 Å². The van der Waals surface area contributed by atoms with E-state index in [0.29, 0.717) is 33.5 Å². The van der Waals surface area contributed by atoms with Crippen molar-refractivity contribution in [1.29, 1.82) is 0 Å². The predicted molar refractivity (Wildman–Crippen MR) is 124 cm³/mol. The van der Waals surface area contributed by atoms with Gasteiger partial charge in [-0.05, 0) is 54.5 Å². The Labute approximate surface area is 191 Å². The molecule has 0 fully saturated rings. The topological polar surface area (TPSA) is 73.9 Å². The highest BCUT2D eigenvalue weighted by Crippen LogP contribution is 2.43. The van der Waals surface area contributed by atoms with Gasteiger partial charge in [-0.3, -0.25) is 4.79 Å². The Morgan fingerprint density at radius 2 is 1.75 bits per heavy atom. The summed E-state index contributed by atoms with van der Waals surface area (Å²) >= 11 is 1.46. The lowest BCUT2D eigenvalue weighted by atomic mass is 9.83. The molecule has 1 aliphatic rings. The fraction of sp³-hybridized carbons (Fsp3) is 0.280. The molecule has 1 unspecified atom stereocenters. The minimum absolute atomic E-state index is 0.325.